The molecular formula is C15H10BrCl3N2. The standard InChI is InChI=1S/C15H10BrCl3N2/c16-10-3-1-2-9(4-10)8-21-14-6-12(19)11(18)5-13(14)20-15(21)7-17/h1-6H,7-8H2. The second-order valence-electron chi connectivity index (χ2n) is 4.63. The monoisotopic (exact) mass is 402 g/mol. The van der Waals surface area contributed by atoms with E-state index < -0.39 is 0 Å². The molecule has 0 bridgehead atoms. The molecule has 0 amide bonds. The largest absolute Gasteiger partial charge is 0.322 e. The Morgan fingerprint density at radius 1 is 1.10 bits per heavy atom. The van der Waals surface area contributed by atoms with Crippen molar-refractivity contribution >= 4 is 61.8 Å². The summed E-state index contributed by atoms with van der Waals surface area (Å²) in [7, 11) is 0. The van der Waals surface area contributed by atoms with E-state index in [4.69, 9.17) is 34.8 Å². The minimum absolute atomic E-state index is 0.331. The maximum atomic E-state index is 6.13. The van der Waals surface area contributed by atoms with Gasteiger partial charge in [0.05, 0.1) is 27.0 Å². The smallest absolute Gasteiger partial charge is 0.125 e. The third-order valence-electron chi connectivity index (χ3n) is 3.22. The molecule has 0 unspecified atom stereocenters. The number of halogens is 4. The number of rotatable bonds is 3. The van der Waals surface area contributed by atoms with E-state index in [2.05, 4.69) is 37.6 Å². The van der Waals surface area contributed by atoms with Crippen LogP contribution in [0.4, 0.5) is 0 Å². The first-order valence-electron chi connectivity index (χ1n) is 6.23. The van der Waals surface area contributed by atoms with Gasteiger partial charge < -0.3 is 4.57 Å². The molecular weight excluding hydrogens is 394 g/mol. The van der Waals surface area contributed by atoms with Gasteiger partial charge in [0.25, 0.3) is 0 Å². The lowest BCUT2D eigenvalue weighted by Crippen LogP contribution is -2.03. The van der Waals surface area contributed by atoms with Gasteiger partial charge >= 0.3 is 0 Å². The average molecular weight is 405 g/mol. The summed E-state index contributed by atoms with van der Waals surface area (Å²) in [6.07, 6.45) is 0. The van der Waals surface area contributed by atoms with Gasteiger partial charge in [-0.1, -0.05) is 51.3 Å². The van der Waals surface area contributed by atoms with E-state index in [1.165, 1.54) is 0 Å². The summed E-state index contributed by atoms with van der Waals surface area (Å²) in [6, 6.07) is 11.7. The van der Waals surface area contributed by atoms with E-state index in [0.717, 1.165) is 26.9 Å². The van der Waals surface area contributed by atoms with Gasteiger partial charge in [-0.25, -0.2) is 4.98 Å². The third kappa shape index (κ3) is 3.07. The first-order valence-corrected chi connectivity index (χ1v) is 8.31. The summed E-state index contributed by atoms with van der Waals surface area (Å²) < 4.78 is 3.10. The fourth-order valence-electron chi connectivity index (χ4n) is 2.27. The molecule has 2 nitrogen and oxygen atoms in total. The van der Waals surface area contributed by atoms with Crippen molar-refractivity contribution < 1.29 is 0 Å². The van der Waals surface area contributed by atoms with Crippen molar-refractivity contribution in [1.82, 2.24) is 9.55 Å². The third-order valence-corrected chi connectivity index (χ3v) is 4.67. The van der Waals surface area contributed by atoms with Gasteiger partial charge in [-0.15, -0.1) is 11.6 Å². The van der Waals surface area contributed by atoms with Crippen molar-refractivity contribution in [3.05, 3.63) is 62.3 Å². The van der Waals surface area contributed by atoms with Gasteiger partial charge in [0, 0.05) is 11.0 Å². The van der Waals surface area contributed by atoms with Crippen LogP contribution in [0.3, 0.4) is 0 Å². The average Bonchev–Trinajstić information content (AvgIpc) is 2.77. The predicted molar refractivity (Wildman–Crippen MR) is 92.6 cm³/mol. The first-order chi connectivity index (χ1) is 10.1. The lowest BCUT2D eigenvalue weighted by Gasteiger charge is -2.09. The zero-order valence-corrected chi connectivity index (χ0v) is 14.6. The molecule has 0 aliphatic rings. The zero-order valence-electron chi connectivity index (χ0n) is 10.8. The van der Waals surface area contributed by atoms with Gasteiger partial charge in [-0.2, -0.15) is 0 Å². The molecule has 0 saturated heterocycles. The Kier molecular flexibility index (Phi) is 4.46. The zero-order chi connectivity index (χ0) is 15.0. The molecule has 3 aromatic rings. The van der Waals surface area contributed by atoms with Crippen molar-refractivity contribution in [2.24, 2.45) is 0 Å². The van der Waals surface area contributed by atoms with E-state index in [1.807, 2.05) is 18.2 Å². The van der Waals surface area contributed by atoms with E-state index in [-0.39, 0.29) is 0 Å². The Balaban J connectivity index is 2.14. The highest BCUT2D eigenvalue weighted by Gasteiger charge is 2.13. The second-order valence-corrected chi connectivity index (χ2v) is 6.63. The molecule has 0 atom stereocenters. The lowest BCUT2D eigenvalue weighted by atomic mass is 10.2. The SMILES string of the molecule is ClCc1nc2cc(Cl)c(Cl)cc2n1Cc1cccc(Br)c1. The number of benzene rings is 2. The van der Waals surface area contributed by atoms with Gasteiger partial charge in [0.1, 0.15) is 5.82 Å². The first kappa shape index (κ1) is 15.2. The molecule has 108 valence electrons. The van der Waals surface area contributed by atoms with E-state index >= 15 is 0 Å². The normalized spacial score (nSPS) is 11.2. The molecule has 1 heterocycles. The van der Waals surface area contributed by atoms with Crippen LogP contribution >= 0.6 is 50.7 Å². The summed E-state index contributed by atoms with van der Waals surface area (Å²) in [6.45, 7) is 0.677. The van der Waals surface area contributed by atoms with Crippen molar-refractivity contribution in [2.45, 2.75) is 12.4 Å². The van der Waals surface area contributed by atoms with Crippen molar-refractivity contribution in [3.8, 4) is 0 Å². The number of fused-ring (bicyclic) bond motifs is 1. The highest BCUT2D eigenvalue weighted by atomic mass is 79.9. The Hall–Kier alpha value is -0.740. The second kappa shape index (κ2) is 6.17. The summed E-state index contributed by atoms with van der Waals surface area (Å²) in [5.74, 6) is 1.13. The predicted octanol–water partition coefficient (Wildman–Crippen LogP) is 5.89. The van der Waals surface area contributed by atoms with Gasteiger partial charge in [-0.05, 0) is 29.8 Å². The van der Waals surface area contributed by atoms with Crippen LogP contribution in [0.15, 0.2) is 40.9 Å². The lowest BCUT2D eigenvalue weighted by molar-refractivity contribution is 0.778. The Morgan fingerprint density at radius 2 is 1.86 bits per heavy atom. The molecule has 3 rings (SSSR count). The highest BCUT2D eigenvalue weighted by Crippen LogP contribution is 2.29. The molecule has 0 saturated carbocycles. The van der Waals surface area contributed by atoms with E-state index in [9.17, 15) is 0 Å². The maximum Gasteiger partial charge on any atom is 0.125 e. The van der Waals surface area contributed by atoms with E-state index in [1.54, 1.807) is 6.07 Å². The number of alkyl halides is 1. The van der Waals surface area contributed by atoms with Gasteiger partial charge in [0.15, 0.2) is 0 Å². The quantitative estimate of drug-likeness (QED) is 0.498. The Labute approximate surface area is 145 Å². The molecule has 0 N–H and O–H groups in total. The van der Waals surface area contributed by atoms with Crippen LogP contribution in [0.5, 0.6) is 0 Å². The van der Waals surface area contributed by atoms with Crippen LogP contribution in [-0.4, -0.2) is 9.55 Å². The van der Waals surface area contributed by atoms with Gasteiger partial charge in [0.2, 0.25) is 0 Å². The minimum atomic E-state index is 0.331. The molecule has 0 fully saturated rings. The summed E-state index contributed by atoms with van der Waals surface area (Å²) in [5, 5.41) is 1.01. The molecule has 1 aromatic heterocycles. The maximum absolute atomic E-state index is 6.13. The molecule has 0 radical (unpaired) electrons. The molecule has 0 spiro atoms. The number of nitrogens with zero attached hydrogens (tertiary/aromatic N) is 2. The van der Waals surface area contributed by atoms with Gasteiger partial charge in [-0.3, -0.25) is 0 Å². The van der Waals surface area contributed by atoms with Crippen molar-refractivity contribution in [3.63, 3.8) is 0 Å². The topological polar surface area (TPSA) is 17.8 Å². The Morgan fingerprint density at radius 3 is 2.57 bits per heavy atom. The highest BCUT2D eigenvalue weighted by molar-refractivity contribution is 9.10. The van der Waals surface area contributed by atoms with Crippen LogP contribution in [0, 0.1) is 0 Å². The Bertz CT molecular complexity index is 814. The van der Waals surface area contributed by atoms with Crippen LogP contribution < -0.4 is 0 Å². The van der Waals surface area contributed by atoms with E-state index in [0.29, 0.717) is 22.5 Å². The number of hydrogen-bond acceptors (Lipinski definition) is 1. The fraction of sp³-hybridized carbons (Fsp3) is 0.133. The summed E-state index contributed by atoms with van der Waals surface area (Å²) in [4.78, 5) is 4.53. The van der Waals surface area contributed by atoms with Crippen molar-refractivity contribution in [1.29, 1.82) is 0 Å². The number of imidazole rings is 1. The molecule has 2 aromatic carbocycles. The number of aromatic nitrogens is 2. The van der Waals surface area contributed by atoms with Crippen LogP contribution in [-0.2, 0) is 12.4 Å². The van der Waals surface area contributed by atoms with Crippen molar-refractivity contribution in [2.75, 3.05) is 0 Å². The fourth-order valence-corrected chi connectivity index (χ4v) is 3.23. The van der Waals surface area contributed by atoms with Crippen LogP contribution in [0.25, 0.3) is 11.0 Å². The molecule has 0 aliphatic heterocycles. The molecule has 6 heteroatoms. The number of hydrogen-bond donors (Lipinski definition) is 0. The van der Waals surface area contributed by atoms with Crippen LogP contribution in [0.2, 0.25) is 10.0 Å². The summed E-state index contributed by atoms with van der Waals surface area (Å²) in [5.41, 5.74) is 2.89. The summed E-state index contributed by atoms with van der Waals surface area (Å²) >= 11 is 21.7. The van der Waals surface area contributed by atoms with Crippen LogP contribution in [0.1, 0.15) is 11.4 Å². The minimum Gasteiger partial charge on any atom is -0.322 e. The molecule has 0 aliphatic carbocycles. The molecule has 21 heavy (non-hydrogen) atoms.